The Hall–Kier alpha value is -1.92. The van der Waals surface area contributed by atoms with Crippen LogP contribution < -0.4 is 5.73 Å². The fourth-order valence-corrected chi connectivity index (χ4v) is 1.29. The van der Waals surface area contributed by atoms with Gasteiger partial charge >= 0.3 is 0 Å². The molecule has 1 heterocycles. The van der Waals surface area contributed by atoms with E-state index in [-0.39, 0.29) is 18.9 Å². The summed E-state index contributed by atoms with van der Waals surface area (Å²) in [6.07, 6.45) is 0. The van der Waals surface area contributed by atoms with Crippen molar-refractivity contribution < 1.29 is 14.7 Å². The van der Waals surface area contributed by atoms with Crippen LogP contribution in [0.5, 0.6) is 5.75 Å². The van der Waals surface area contributed by atoms with Gasteiger partial charge in [0, 0.05) is 11.1 Å². The summed E-state index contributed by atoms with van der Waals surface area (Å²) < 4.78 is 4.85. The number of aromatic nitrogens is 2. The molecule has 0 radical (unpaired) electrons. The SMILES string of the molecule is NCc1nc(-c2ccc(CO)c(O)c2)no1. The lowest BCUT2D eigenvalue weighted by Crippen LogP contribution is -1.95. The van der Waals surface area contributed by atoms with Crippen molar-refractivity contribution in [2.45, 2.75) is 13.2 Å². The zero-order chi connectivity index (χ0) is 11.5. The number of nitrogens with zero attached hydrogens (tertiary/aromatic N) is 2. The van der Waals surface area contributed by atoms with E-state index in [1.54, 1.807) is 12.1 Å². The molecule has 6 nitrogen and oxygen atoms in total. The average molecular weight is 221 g/mol. The fraction of sp³-hybridized carbons (Fsp3) is 0.200. The molecule has 0 aliphatic carbocycles. The summed E-state index contributed by atoms with van der Waals surface area (Å²) in [5.74, 6) is 0.695. The topological polar surface area (TPSA) is 105 Å². The Morgan fingerprint density at radius 3 is 2.75 bits per heavy atom. The Bertz CT molecular complexity index is 496. The van der Waals surface area contributed by atoms with Crippen molar-refractivity contribution in [3.8, 4) is 17.1 Å². The highest BCUT2D eigenvalue weighted by Gasteiger charge is 2.09. The molecule has 84 valence electrons. The van der Waals surface area contributed by atoms with Crippen LogP contribution in [0.15, 0.2) is 22.7 Å². The molecule has 0 bridgehead atoms. The molecule has 2 rings (SSSR count). The van der Waals surface area contributed by atoms with E-state index >= 15 is 0 Å². The summed E-state index contributed by atoms with van der Waals surface area (Å²) in [5, 5.41) is 22.2. The summed E-state index contributed by atoms with van der Waals surface area (Å²) >= 11 is 0. The predicted octanol–water partition coefficient (Wildman–Crippen LogP) is 0.393. The molecule has 0 amide bonds. The Kier molecular flexibility index (Phi) is 2.84. The molecule has 0 aliphatic rings. The van der Waals surface area contributed by atoms with E-state index in [1.807, 2.05) is 0 Å². The minimum Gasteiger partial charge on any atom is -0.508 e. The Balaban J connectivity index is 2.37. The molecule has 1 aromatic carbocycles. The number of aliphatic hydroxyl groups excluding tert-OH is 1. The largest absolute Gasteiger partial charge is 0.508 e. The van der Waals surface area contributed by atoms with Crippen molar-refractivity contribution in [2.75, 3.05) is 0 Å². The van der Waals surface area contributed by atoms with Gasteiger partial charge in [-0.25, -0.2) is 0 Å². The Morgan fingerprint density at radius 1 is 1.38 bits per heavy atom. The van der Waals surface area contributed by atoms with E-state index in [4.69, 9.17) is 15.4 Å². The van der Waals surface area contributed by atoms with Crippen molar-refractivity contribution in [1.82, 2.24) is 10.1 Å². The molecule has 16 heavy (non-hydrogen) atoms. The molecule has 2 aromatic rings. The standard InChI is InChI=1S/C10H11N3O3/c11-4-9-12-10(13-16-9)6-1-2-7(5-14)8(15)3-6/h1-3,14-15H,4-5,11H2. The molecule has 0 spiro atoms. The highest BCUT2D eigenvalue weighted by molar-refractivity contribution is 5.58. The number of aromatic hydroxyl groups is 1. The molecule has 0 unspecified atom stereocenters. The zero-order valence-corrected chi connectivity index (χ0v) is 8.42. The molecule has 0 saturated heterocycles. The van der Waals surface area contributed by atoms with E-state index in [1.165, 1.54) is 6.07 Å². The van der Waals surface area contributed by atoms with Crippen LogP contribution in [0, 0.1) is 0 Å². The van der Waals surface area contributed by atoms with Gasteiger partial charge in [0.25, 0.3) is 0 Å². The first-order chi connectivity index (χ1) is 7.74. The molecule has 0 saturated carbocycles. The molecule has 4 N–H and O–H groups in total. The molecule has 1 aromatic heterocycles. The third-order valence-electron chi connectivity index (χ3n) is 2.16. The van der Waals surface area contributed by atoms with E-state index < -0.39 is 0 Å². The quantitative estimate of drug-likeness (QED) is 0.692. The average Bonchev–Trinajstić information content (AvgIpc) is 2.77. The van der Waals surface area contributed by atoms with Crippen LogP contribution in [0.1, 0.15) is 11.5 Å². The van der Waals surface area contributed by atoms with Crippen molar-refractivity contribution in [3.05, 3.63) is 29.7 Å². The van der Waals surface area contributed by atoms with Gasteiger partial charge in [-0.1, -0.05) is 17.3 Å². The molecular weight excluding hydrogens is 210 g/mol. The maximum absolute atomic E-state index is 9.55. The van der Waals surface area contributed by atoms with Crippen LogP contribution in [0.3, 0.4) is 0 Å². The van der Waals surface area contributed by atoms with Crippen molar-refractivity contribution >= 4 is 0 Å². The van der Waals surface area contributed by atoms with E-state index in [9.17, 15) is 5.11 Å². The fourth-order valence-electron chi connectivity index (χ4n) is 1.29. The van der Waals surface area contributed by atoms with E-state index in [0.29, 0.717) is 22.8 Å². The van der Waals surface area contributed by atoms with Crippen LogP contribution >= 0.6 is 0 Å². The monoisotopic (exact) mass is 221 g/mol. The lowest BCUT2D eigenvalue weighted by molar-refractivity contribution is 0.275. The molecule has 0 atom stereocenters. The number of nitrogens with two attached hydrogens (primary N) is 1. The maximum Gasteiger partial charge on any atom is 0.240 e. The van der Waals surface area contributed by atoms with Crippen LogP contribution in [0.4, 0.5) is 0 Å². The van der Waals surface area contributed by atoms with Crippen molar-refractivity contribution in [2.24, 2.45) is 5.73 Å². The number of benzene rings is 1. The maximum atomic E-state index is 9.55. The van der Waals surface area contributed by atoms with Gasteiger partial charge in [-0.2, -0.15) is 4.98 Å². The van der Waals surface area contributed by atoms with E-state index in [0.717, 1.165) is 0 Å². The molecule has 0 aliphatic heterocycles. The van der Waals surface area contributed by atoms with Gasteiger partial charge in [0.05, 0.1) is 13.2 Å². The predicted molar refractivity (Wildman–Crippen MR) is 55.2 cm³/mol. The first-order valence-corrected chi connectivity index (χ1v) is 4.70. The smallest absolute Gasteiger partial charge is 0.240 e. The highest BCUT2D eigenvalue weighted by Crippen LogP contribution is 2.24. The second kappa shape index (κ2) is 4.30. The van der Waals surface area contributed by atoms with Crippen LogP contribution in [-0.2, 0) is 13.2 Å². The summed E-state index contributed by atoms with van der Waals surface area (Å²) in [5.41, 5.74) is 6.40. The van der Waals surface area contributed by atoms with Crippen molar-refractivity contribution in [3.63, 3.8) is 0 Å². The van der Waals surface area contributed by atoms with Gasteiger partial charge in [-0.3, -0.25) is 0 Å². The summed E-state index contributed by atoms with van der Waals surface area (Å²) in [6, 6.07) is 4.76. The number of hydrogen-bond acceptors (Lipinski definition) is 6. The molecule has 0 fully saturated rings. The minimum atomic E-state index is -0.216. The second-order valence-corrected chi connectivity index (χ2v) is 3.22. The zero-order valence-electron chi connectivity index (χ0n) is 8.42. The number of phenols is 1. The normalized spacial score (nSPS) is 10.6. The second-order valence-electron chi connectivity index (χ2n) is 3.22. The highest BCUT2D eigenvalue weighted by atomic mass is 16.5. The van der Waals surface area contributed by atoms with E-state index in [2.05, 4.69) is 10.1 Å². The van der Waals surface area contributed by atoms with Crippen LogP contribution in [0.2, 0.25) is 0 Å². The Morgan fingerprint density at radius 2 is 2.19 bits per heavy atom. The first-order valence-electron chi connectivity index (χ1n) is 4.70. The van der Waals surface area contributed by atoms with Gasteiger partial charge in [0.2, 0.25) is 11.7 Å². The lowest BCUT2D eigenvalue weighted by Gasteiger charge is -2.01. The Labute approximate surface area is 91.3 Å². The summed E-state index contributed by atoms with van der Waals surface area (Å²) in [7, 11) is 0. The number of aliphatic hydroxyl groups is 1. The van der Waals surface area contributed by atoms with Gasteiger partial charge in [0.15, 0.2) is 0 Å². The van der Waals surface area contributed by atoms with Crippen LogP contribution in [0.25, 0.3) is 11.4 Å². The van der Waals surface area contributed by atoms with Crippen molar-refractivity contribution in [1.29, 1.82) is 0 Å². The number of rotatable bonds is 3. The van der Waals surface area contributed by atoms with Gasteiger partial charge < -0.3 is 20.5 Å². The third kappa shape index (κ3) is 1.88. The minimum absolute atomic E-state index is 0.000835. The van der Waals surface area contributed by atoms with Crippen LogP contribution in [-0.4, -0.2) is 20.4 Å². The number of hydrogen-bond donors (Lipinski definition) is 3. The summed E-state index contributed by atoms with van der Waals surface area (Å²) in [4.78, 5) is 4.02. The first kappa shape index (κ1) is 10.6. The summed E-state index contributed by atoms with van der Waals surface area (Å²) in [6.45, 7) is -0.0416. The lowest BCUT2D eigenvalue weighted by atomic mass is 10.1. The van der Waals surface area contributed by atoms with Gasteiger partial charge in [-0.05, 0) is 6.07 Å². The van der Waals surface area contributed by atoms with Gasteiger partial charge in [-0.15, -0.1) is 0 Å². The van der Waals surface area contributed by atoms with Gasteiger partial charge in [0.1, 0.15) is 5.75 Å². The third-order valence-corrected chi connectivity index (χ3v) is 2.16. The molecular formula is C10H11N3O3. The molecule has 6 heteroatoms.